The summed E-state index contributed by atoms with van der Waals surface area (Å²) in [6.07, 6.45) is 2.40. The Kier molecular flexibility index (Phi) is 5.30. The molecule has 0 spiro atoms. The van der Waals surface area contributed by atoms with E-state index in [2.05, 4.69) is 11.6 Å². The number of hydrogen-bond acceptors (Lipinski definition) is 3. The Hall–Kier alpha value is -0.240. The second kappa shape index (κ2) is 6.08. The van der Waals surface area contributed by atoms with Gasteiger partial charge in [-0.25, -0.2) is 0 Å². The molecule has 7 heteroatoms. The molecule has 0 radical (unpaired) electrons. The largest absolute Gasteiger partial charge is 0.393 e. The molecule has 1 aliphatic heterocycles. The maximum atomic E-state index is 12.1. The van der Waals surface area contributed by atoms with Crippen molar-refractivity contribution in [1.29, 1.82) is 0 Å². The zero-order valence-electron chi connectivity index (χ0n) is 10.3. The molecule has 3 N–H and O–H groups in total. The van der Waals surface area contributed by atoms with Crippen LogP contribution in [0.3, 0.4) is 0 Å². The number of nitrogens with one attached hydrogen (secondary N) is 1. The van der Waals surface area contributed by atoms with Crippen molar-refractivity contribution in [2.24, 2.45) is 11.7 Å². The molecule has 0 aromatic heterocycles. The van der Waals surface area contributed by atoms with Crippen molar-refractivity contribution in [3.05, 3.63) is 0 Å². The first-order chi connectivity index (χ1) is 7.81. The van der Waals surface area contributed by atoms with Gasteiger partial charge in [0.2, 0.25) is 0 Å². The first-order valence-corrected chi connectivity index (χ1v) is 7.72. The van der Waals surface area contributed by atoms with E-state index in [-0.39, 0.29) is 6.04 Å². The van der Waals surface area contributed by atoms with Gasteiger partial charge in [-0.2, -0.15) is 17.4 Å². The van der Waals surface area contributed by atoms with Gasteiger partial charge in [-0.05, 0) is 25.7 Å². The molecule has 1 heterocycles. The van der Waals surface area contributed by atoms with Gasteiger partial charge in [-0.3, -0.25) is 0 Å². The highest BCUT2D eigenvalue weighted by atomic mass is 32.2. The van der Waals surface area contributed by atoms with E-state index in [1.165, 1.54) is 4.31 Å². The summed E-state index contributed by atoms with van der Waals surface area (Å²) in [7, 11) is -3.39. The second-order valence-corrected chi connectivity index (χ2v) is 7.03. The fourth-order valence-corrected chi connectivity index (χ4v) is 3.85. The Morgan fingerprint density at radius 3 is 2.82 bits per heavy atom. The molecule has 0 aliphatic carbocycles. The number of thiocarbonyl (C=S) groups is 1. The maximum absolute atomic E-state index is 12.1. The molecule has 0 aromatic rings. The zero-order valence-corrected chi connectivity index (χ0v) is 12.0. The summed E-state index contributed by atoms with van der Waals surface area (Å²) in [5, 5.41) is 0. The number of nitrogens with two attached hydrogens (primary N) is 1. The molecule has 0 amide bonds. The molecule has 0 saturated carbocycles. The van der Waals surface area contributed by atoms with E-state index < -0.39 is 10.2 Å². The van der Waals surface area contributed by atoms with Gasteiger partial charge in [-0.15, -0.1) is 0 Å². The molecule has 2 atom stereocenters. The fraction of sp³-hybridized carbons (Fsp3) is 0.900. The molecule has 1 rings (SSSR count). The molecule has 5 nitrogen and oxygen atoms in total. The molecule has 1 fully saturated rings. The minimum absolute atomic E-state index is 0.255. The minimum atomic E-state index is -3.39. The fourth-order valence-electron chi connectivity index (χ4n) is 2.04. The highest BCUT2D eigenvalue weighted by Crippen LogP contribution is 2.17. The standard InChI is InChI=1S/C10H21N3O2S2/c1-8-4-3-5-13(7-8)17(14,15)12-9(2)6-10(11)16/h8-9,12H,3-7H2,1-2H3,(H2,11,16). The normalized spacial score (nSPS) is 24.5. The predicted octanol–water partition coefficient (Wildman–Crippen LogP) is 0.617. The summed E-state index contributed by atoms with van der Waals surface area (Å²) in [5.74, 6) is 0.422. The smallest absolute Gasteiger partial charge is 0.279 e. The molecule has 1 saturated heterocycles. The summed E-state index contributed by atoms with van der Waals surface area (Å²) < 4.78 is 28.2. The van der Waals surface area contributed by atoms with Gasteiger partial charge in [-0.1, -0.05) is 19.1 Å². The van der Waals surface area contributed by atoms with E-state index in [0.29, 0.717) is 30.4 Å². The molecule has 2 unspecified atom stereocenters. The van der Waals surface area contributed by atoms with Crippen LogP contribution in [0.4, 0.5) is 0 Å². The van der Waals surface area contributed by atoms with Gasteiger partial charge in [0.1, 0.15) is 0 Å². The topological polar surface area (TPSA) is 75.4 Å². The van der Waals surface area contributed by atoms with Gasteiger partial charge in [0.05, 0.1) is 4.99 Å². The van der Waals surface area contributed by atoms with Crippen LogP contribution in [-0.4, -0.2) is 36.8 Å². The van der Waals surface area contributed by atoms with E-state index in [9.17, 15) is 8.42 Å². The molecular weight excluding hydrogens is 258 g/mol. The third-order valence-electron chi connectivity index (χ3n) is 2.82. The summed E-state index contributed by atoms with van der Waals surface area (Å²) >= 11 is 4.77. The van der Waals surface area contributed by atoms with Crippen molar-refractivity contribution < 1.29 is 8.42 Å². The number of rotatable bonds is 5. The molecule has 17 heavy (non-hydrogen) atoms. The lowest BCUT2D eigenvalue weighted by atomic mass is 10.0. The van der Waals surface area contributed by atoms with Crippen molar-refractivity contribution in [2.45, 2.75) is 39.2 Å². The Morgan fingerprint density at radius 2 is 2.29 bits per heavy atom. The van der Waals surface area contributed by atoms with E-state index in [4.69, 9.17) is 18.0 Å². The third kappa shape index (κ3) is 4.87. The van der Waals surface area contributed by atoms with E-state index in [0.717, 1.165) is 12.8 Å². The van der Waals surface area contributed by atoms with Gasteiger partial charge < -0.3 is 5.73 Å². The third-order valence-corrected chi connectivity index (χ3v) is 4.70. The van der Waals surface area contributed by atoms with E-state index in [1.54, 1.807) is 6.92 Å². The van der Waals surface area contributed by atoms with Crippen LogP contribution in [-0.2, 0) is 10.2 Å². The van der Waals surface area contributed by atoms with E-state index >= 15 is 0 Å². The van der Waals surface area contributed by atoms with Crippen LogP contribution in [0.25, 0.3) is 0 Å². The zero-order chi connectivity index (χ0) is 13.1. The lowest BCUT2D eigenvalue weighted by molar-refractivity contribution is 0.277. The molecule has 0 aromatic carbocycles. The van der Waals surface area contributed by atoms with Crippen molar-refractivity contribution >= 4 is 27.4 Å². The minimum Gasteiger partial charge on any atom is -0.393 e. The van der Waals surface area contributed by atoms with Crippen LogP contribution < -0.4 is 10.5 Å². The first kappa shape index (κ1) is 14.8. The Balaban J connectivity index is 2.58. The quantitative estimate of drug-likeness (QED) is 0.723. The maximum Gasteiger partial charge on any atom is 0.279 e. The summed E-state index contributed by atoms with van der Waals surface area (Å²) in [5.41, 5.74) is 5.40. The van der Waals surface area contributed by atoms with Crippen LogP contribution in [0.15, 0.2) is 0 Å². The average Bonchev–Trinajstić information content (AvgIpc) is 2.15. The number of hydrogen-bond donors (Lipinski definition) is 2. The van der Waals surface area contributed by atoms with Gasteiger partial charge >= 0.3 is 0 Å². The summed E-state index contributed by atoms with van der Waals surface area (Å²) in [6, 6.07) is -0.255. The molecule has 100 valence electrons. The highest BCUT2D eigenvalue weighted by Gasteiger charge is 2.27. The van der Waals surface area contributed by atoms with Crippen LogP contribution in [0, 0.1) is 5.92 Å². The van der Waals surface area contributed by atoms with Crippen molar-refractivity contribution in [2.75, 3.05) is 13.1 Å². The van der Waals surface area contributed by atoms with Gasteiger partial charge in [0, 0.05) is 25.6 Å². The lowest BCUT2D eigenvalue weighted by Gasteiger charge is -2.31. The van der Waals surface area contributed by atoms with Crippen molar-refractivity contribution in [1.82, 2.24) is 9.03 Å². The summed E-state index contributed by atoms with van der Waals surface area (Å²) in [4.78, 5) is 0.326. The molecular formula is C10H21N3O2S2. The van der Waals surface area contributed by atoms with E-state index in [1.807, 2.05) is 0 Å². The molecule has 0 bridgehead atoms. The predicted molar refractivity (Wildman–Crippen MR) is 72.9 cm³/mol. The average molecular weight is 279 g/mol. The monoisotopic (exact) mass is 279 g/mol. The number of nitrogens with zero attached hydrogens (tertiary/aromatic N) is 1. The van der Waals surface area contributed by atoms with Crippen LogP contribution in [0.1, 0.15) is 33.1 Å². The molecule has 1 aliphatic rings. The Labute approximate surface area is 109 Å². The van der Waals surface area contributed by atoms with Gasteiger partial charge in [0.15, 0.2) is 0 Å². The Morgan fingerprint density at radius 1 is 1.65 bits per heavy atom. The second-order valence-electron chi connectivity index (χ2n) is 4.80. The van der Waals surface area contributed by atoms with Crippen LogP contribution in [0.2, 0.25) is 0 Å². The Bertz CT molecular complexity index is 370. The first-order valence-electron chi connectivity index (χ1n) is 5.87. The van der Waals surface area contributed by atoms with Crippen LogP contribution >= 0.6 is 12.2 Å². The van der Waals surface area contributed by atoms with Gasteiger partial charge in [0.25, 0.3) is 10.2 Å². The van der Waals surface area contributed by atoms with Crippen molar-refractivity contribution in [3.8, 4) is 0 Å². The van der Waals surface area contributed by atoms with Crippen LogP contribution in [0.5, 0.6) is 0 Å². The lowest BCUT2D eigenvalue weighted by Crippen LogP contribution is -2.48. The number of piperidine rings is 1. The van der Waals surface area contributed by atoms with Crippen molar-refractivity contribution in [3.63, 3.8) is 0 Å². The SMILES string of the molecule is CC1CCCN(S(=O)(=O)NC(C)CC(N)=S)C1. The summed E-state index contributed by atoms with van der Waals surface area (Å²) in [6.45, 7) is 5.03. The highest BCUT2D eigenvalue weighted by molar-refractivity contribution is 7.87.